The predicted molar refractivity (Wildman–Crippen MR) is 123 cm³/mol. The summed E-state index contributed by atoms with van der Waals surface area (Å²) in [6.45, 7) is 6.10. The molecule has 9 nitrogen and oxygen atoms in total. The Labute approximate surface area is 197 Å². The molecule has 1 aromatic carbocycles. The molecule has 2 heterocycles. The number of ether oxygens (including phenoxy) is 1. The number of carbonyl (C=O) groups excluding carboxylic acids is 4. The Morgan fingerprint density at radius 3 is 2.64 bits per heavy atom. The number of imide groups is 1. The molecule has 0 aromatic heterocycles. The van der Waals surface area contributed by atoms with Crippen molar-refractivity contribution in [2.45, 2.75) is 58.4 Å². The maximum atomic E-state index is 13.2. The molecule has 1 aromatic rings. The molecule has 2 aliphatic heterocycles. The lowest BCUT2D eigenvalue weighted by atomic mass is 9.65. The smallest absolute Gasteiger partial charge is 0.325 e. The number of anilines is 2. The fraction of sp³-hybridized carbons (Fsp3) is 0.565. The third-order valence-electron chi connectivity index (χ3n) is 7.38. The van der Waals surface area contributed by atoms with Gasteiger partial charge in [0.1, 0.15) is 17.8 Å². The molecule has 1 aliphatic carbocycles. The van der Waals surface area contributed by atoms with E-state index in [1.165, 1.54) is 12.1 Å². The molecular weight excluding hydrogens is 448 g/mol. The number of carbonyl (C=O) groups is 4. The predicted octanol–water partition coefficient (Wildman–Crippen LogP) is 3.53. The fourth-order valence-electron chi connectivity index (χ4n) is 4.87. The molecule has 0 atom stereocenters. The van der Waals surface area contributed by atoms with Gasteiger partial charge in [0.05, 0.1) is 16.4 Å². The molecular formula is C23H29ClN4O5. The molecule has 1 spiro atoms. The number of urea groups is 1. The zero-order chi connectivity index (χ0) is 24.0. The summed E-state index contributed by atoms with van der Waals surface area (Å²) in [5.41, 5.74) is -0.0615. The molecule has 0 radical (unpaired) electrons. The highest BCUT2D eigenvalue weighted by atomic mass is 35.5. The fourth-order valence-corrected chi connectivity index (χ4v) is 5.08. The number of hydrogen-bond donors (Lipinski definition) is 3. The Morgan fingerprint density at radius 2 is 1.97 bits per heavy atom. The molecule has 5 amide bonds. The van der Waals surface area contributed by atoms with Gasteiger partial charge < -0.3 is 20.7 Å². The largest absolute Gasteiger partial charge is 0.482 e. The summed E-state index contributed by atoms with van der Waals surface area (Å²) < 4.78 is 5.35. The highest BCUT2D eigenvalue weighted by molar-refractivity contribution is 6.34. The van der Waals surface area contributed by atoms with Crippen molar-refractivity contribution in [1.82, 2.24) is 10.2 Å². The first-order valence-electron chi connectivity index (χ1n) is 11.2. The number of hydrogen-bond acceptors (Lipinski definition) is 5. The number of rotatable bonds is 5. The number of benzene rings is 1. The van der Waals surface area contributed by atoms with Crippen LogP contribution in [0.1, 0.15) is 52.9 Å². The first-order valence-corrected chi connectivity index (χ1v) is 11.6. The van der Waals surface area contributed by atoms with Gasteiger partial charge in [0.2, 0.25) is 5.91 Å². The molecule has 2 fully saturated rings. The van der Waals surface area contributed by atoms with Crippen molar-refractivity contribution >= 4 is 46.7 Å². The maximum Gasteiger partial charge on any atom is 0.325 e. The maximum absolute atomic E-state index is 13.2. The van der Waals surface area contributed by atoms with Crippen molar-refractivity contribution in [3.8, 4) is 5.75 Å². The monoisotopic (exact) mass is 476 g/mol. The summed E-state index contributed by atoms with van der Waals surface area (Å²) in [6.07, 6.45) is 3.91. The number of nitrogens with zero attached hydrogens (tertiary/aromatic N) is 1. The van der Waals surface area contributed by atoms with Crippen molar-refractivity contribution < 1.29 is 23.9 Å². The van der Waals surface area contributed by atoms with E-state index in [4.69, 9.17) is 16.3 Å². The second-order valence-corrected chi connectivity index (χ2v) is 10.1. The summed E-state index contributed by atoms with van der Waals surface area (Å²) in [5.74, 6) is -0.338. The number of fused-ring (bicyclic) bond motifs is 1. The average Bonchev–Trinajstić information content (AvgIpc) is 2.98. The topological polar surface area (TPSA) is 117 Å². The minimum absolute atomic E-state index is 0.136. The summed E-state index contributed by atoms with van der Waals surface area (Å²) in [4.78, 5) is 50.9. The lowest BCUT2D eigenvalue weighted by Crippen LogP contribution is -2.51. The van der Waals surface area contributed by atoms with E-state index in [1.807, 2.05) is 0 Å². The van der Waals surface area contributed by atoms with E-state index in [1.54, 1.807) is 0 Å². The van der Waals surface area contributed by atoms with Crippen LogP contribution in [-0.2, 0) is 14.4 Å². The lowest BCUT2D eigenvalue weighted by Gasteiger charge is -2.42. The van der Waals surface area contributed by atoms with Crippen LogP contribution in [0.25, 0.3) is 0 Å². The van der Waals surface area contributed by atoms with Gasteiger partial charge >= 0.3 is 6.03 Å². The van der Waals surface area contributed by atoms with Crippen molar-refractivity contribution in [3.63, 3.8) is 0 Å². The Hall–Kier alpha value is -2.81. The average molecular weight is 477 g/mol. The van der Waals surface area contributed by atoms with Gasteiger partial charge in [0.15, 0.2) is 6.61 Å². The van der Waals surface area contributed by atoms with E-state index >= 15 is 0 Å². The van der Waals surface area contributed by atoms with Gasteiger partial charge in [-0.15, -0.1) is 0 Å². The first kappa shape index (κ1) is 23.4. The summed E-state index contributed by atoms with van der Waals surface area (Å²) in [5, 5.41) is 8.31. The van der Waals surface area contributed by atoms with Gasteiger partial charge in [-0.3, -0.25) is 19.3 Å². The summed E-state index contributed by atoms with van der Waals surface area (Å²) in [7, 11) is 0. The molecule has 33 heavy (non-hydrogen) atoms. The minimum atomic E-state index is -0.923. The van der Waals surface area contributed by atoms with E-state index < -0.39 is 24.0 Å². The van der Waals surface area contributed by atoms with E-state index in [-0.39, 0.29) is 34.5 Å². The third kappa shape index (κ3) is 4.38. The van der Waals surface area contributed by atoms with Crippen molar-refractivity contribution in [3.05, 3.63) is 17.2 Å². The molecule has 0 unspecified atom stereocenters. The van der Waals surface area contributed by atoms with Gasteiger partial charge in [-0.05, 0) is 43.1 Å². The van der Waals surface area contributed by atoms with Gasteiger partial charge in [0, 0.05) is 6.07 Å². The van der Waals surface area contributed by atoms with Crippen LogP contribution in [0.4, 0.5) is 16.2 Å². The Bertz CT molecular complexity index is 1020. The highest BCUT2D eigenvalue weighted by Gasteiger charge is 2.53. The standard InChI is InChI=1S/C23H29ClN4O5/c1-4-22(2,3)13-5-7-23(8-6-13)20(31)28(21(32)27-23)11-18(29)25-15-10-17-16(9-14(15)24)26-19(30)12-33-17/h9-10,13H,4-8,11-12H2,1-3H3,(H,25,29)(H,26,30)(H,27,32). The highest BCUT2D eigenvalue weighted by Crippen LogP contribution is 2.45. The van der Waals surface area contributed by atoms with Crippen LogP contribution in [0.3, 0.4) is 0 Å². The quantitative estimate of drug-likeness (QED) is 0.562. The van der Waals surface area contributed by atoms with Gasteiger partial charge in [0.25, 0.3) is 11.8 Å². The van der Waals surface area contributed by atoms with Crippen LogP contribution in [0.5, 0.6) is 5.75 Å². The molecule has 0 bridgehead atoms. The first-order chi connectivity index (χ1) is 15.5. The second-order valence-electron chi connectivity index (χ2n) is 9.73. The lowest BCUT2D eigenvalue weighted by molar-refractivity contribution is -0.135. The van der Waals surface area contributed by atoms with Gasteiger partial charge in [-0.1, -0.05) is 38.8 Å². The molecule has 3 aliphatic rings. The van der Waals surface area contributed by atoms with Crippen molar-refractivity contribution in [1.29, 1.82) is 0 Å². The van der Waals surface area contributed by atoms with Crippen molar-refractivity contribution in [2.24, 2.45) is 11.3 Å². The summed E-state index contributed by atoms with van der Waals surface area (Å²) in [6, 6.07) is 2.42. The van der Waals surface area contributed by atoms with Crippen molar-refractivity contribution in [2.75, 3.05) is 23.8 Å². The van der Waals surface area contributed by atoms with Gasteiger partial charge in [-0.2, -0.15) is 0 Å². The van der Waals surface area contributed by atoms with E-state index in [9.17, 15) is 19.2 Å². The number of amides is 5. The van der Waals surface area contributed by atoms with E-state index in [0.29, 0.717) is 30.2 Å². The third-order valence-corrected chi connectivity index (χ3v) is 7.69. The Balaban J connectivity index is 1.41. The van der Waals surface area contributed by atoms with E-state index in [2.05, 4.69) is 36.7 Å². The molecule has 178 valence electrons. The normalized spacial score (nSPS) is 24.8. The summed E-state index contributed by atoms with van der Waals surface area (Å²) >= 11 is 6.22. The zero-order valence-corrected chi connectivity index (χ0v) is 19.8. The van der Waals surface area contributed by atoms with Crippen LogP contribution in [0, 0.1) is 11.3 Å². The molecule has 4 rings (SSSR count). The van der Waals surface area contributed by atoms with Crippen LogP contribution in [0.2, 0.25) is 5.02 Å². The molecule has 10 heteroatoms. The molecule has 1 saturated heterocycles. The van der Waals surface area contributed by atoms with Crippen LogP contribution >= 0.6 is 11.6 Å². The Morgan fingerprint density at radius 1 is 1.27 bits per heavy atom. The number of halogens is 1. The van der Waals surface area contributed by atoms with E-state index in [0.717, 1.165) is 24.2 Å². The second kappa shape index (κ2) is 8.52. The van der Waals surface area contributed by atoms with Crippen LogP contribution < -0.4 is 20.7 Å². The SMILES string of the molecule is CCC(C)(C)C1CCC2(CC1)NC(=O)N(CC(=O)Nc1cc3c(cc1Cl)NC(=O)CO3)C2=O. The van der Waals surface area contributed by atoms with Gasteiger partial charge in [-0.25, -0.2) is 4.79 Å². The zero-order valence-electron chi connectivity index (χ0n) is 19.0. The minimum Gasteiger partial charge on any atom is -0.482 e. The number of nitrogens with one attached hydrogen (secondary N) is 3. The molecule has 1 saturated carbocycles. The Kier molecular flexibility index (Phi) is 6.03. The van der Waals surface area contributed by atoms with Crippen LogP contribution in [0.15, 0.2) is 12.1 Å². The molecule has 3 N–H and O–H groups in total. The van der Waals surface area contributed by atoms with Crippen LogP contribution in [-0.4, -0.2) is 47.3 Å².